The summed E-state index contributed by atoms with van der Waals surface area (Å²) < 4.78 is 13.7. The minimum Gasteiger partial charge on any atom is -0.367 e. The molecule has 0 unspecified atom stereocenters. The van der Waals surface area contributed by atoms with Crippen LogP contribution in [0.4, 0.5) is 16.2 Å². The van der Waals surface area contributed by atoms with Gasteiger partial charge < -0.3 is 10.6 Å². The molecule has 26 heavy (non-hydrogen) atoms. The van der Waals surface area contributed by atoms with Gasteiger partial charge in [-0.05, 0) is 31.9 Å². The number of fused-ring (bicyclic) bond motifs is 1. The van der Waals surface area contributed by atoms with Crippen molar-refractivity contribution >= 4 is 33.3 Å². The first-order valence-electron chi connectivity index (χ1n) is 9.05. The summed E-state index contributed by atoms with van der Waals surface area (Å²) in [4.78, 5) is 14.0. The monoisotopic (exact) mass is 371 g/mol. The number of para-hydroxylation sites is 1. The van der Waals surface area contributed by atoms with E-state index >= 15 is 0 Å². The third kappa shape index (κ3) is 3.49. The number of aromatic nitrogens is 3. The van der Waals surface area contributed by atoms with E-state index in [9.17, 15) is 4.39 Å². The molecule has 4 rings (SSSR count). The van der Waals surface area contributed by atoms with E-state index in [2.05, 4.69) is 26.7 Å². The van der Waals surface area contributed by atoms with Gasteiger partial charge in [0.05, 0.1) is 21.5 Å². The number of rotatable bonds is 6. The summed E-state index contributed by atoms with van der Waals surface area (Å²) in [6.07, 6.45) is 4.78. The van der Waals surface area contributed by atoms with Gasteiger partial charge in [-0.15, -0.1) is 11.3 Å². The van der Waals surface area contributed by atoms with Crippen LogP contribution in [0.25, 0.3) is 20.8 Å². The minimum atomic E-state index is -0.451. The lowest BCUT2D eigenvalue weighted by Crippen LogP contribution is -2.18. The van der Waals surface area contributed by atoms with Crippen LogP contribution in [0.5, 0.6) is 0 Å². The summed E-state index contributed by atoms with van der Waals surface area (Å²) in [5, 5.41) is 7.46. The molecule has 0 bridgehead atoms. The highest BCUT2D eigenvalue weighted by molar-refractivity contribution is 7.21. The fourth-order valence-electron chi connectivity index (χ4n) is 3.41. The molecule has 3 aromatic rings. The second kappa shape index (κ2) is 7.53. The Labute approximate surface area is 156 Å². The van der Waals surface area contributed by atoms with Crippen LogP contribution in [-0.2, 0) is 0 Å². The van der Waals surface area contributed by atoms with Gasteiger partial charge >= 0.3 is 0 Å². The van der Waals surface area contributed by atoms with Gasteiger partial charge in [0.1, 0.15) is 17.5 Å². The average Bonchev–Trinajstić information content (AvgIpc) is 3.28. The van der Waals surface area contributed by atoms with Crippen molar-refractivity contribution in [1.29, 1.82) is 0 Å². The lowest BCUT2D eigenvalue weighted by atomic mass is 10.2. The lowest BCUT2D eigenvalue weighted by Gasteiger charge is -2.17. The molecule has 7 heteroatoms. The number of nitrogens with one attached hydrogen (secondary N) is 2. The number of alkyl halides is 1. The van der Waals surface area contributed by atoms with E-state index in [-0.39, 0.29) is 6.54 Å². The van der Waals surface area contributed by atoms with Crippen LogP contribution in [0.2, 0.25) is 0 Å². The molecule has 136 valence electrons. The predicted molar refractivity (Wildman–Crippen MR) is 106 cm³/mol. The van der Waals surface area contributed by atoms with Crippen LogP contribution in [0, 0.1) is 6.92 Å². The van der Waals surface area contributed by atoms with E-state index < -0.39 is 6.67 Å². The summed E-state index contributed by atoms with van der Waals surface area (Å²) in [7, 11) is 0. The summed E-state index contributed by atoms with van der Waals surface area (Å²) in [6, 6.07) is 8.54. The number of anilines is 2. The maximum absolute atomic E-state index is 12.5. The number of aryl methyl sites for hydroxylation is 1. The third-order valence-electron chi connectivity index (χ3n) is 4.67. The Morgan fingerprint density at radius 1 is 1.15 bits per heavy atom. The molecule has 0 aliphatic heterocycles. The molecule has 5 nitrogen and oxygen atoms in total. The molecule has 2 aromatic heterocycles. The zero-order valence-corrected chi connectivity index (χ0v) is 15.6. The molecule has 2 N–H and O–H groups in total. The summed E-state index contributed by atoms with van der Waals surface area (Å²) >= 11 is 1.65. The second-order valence-corrected chi connectivity index (χ2v) is 7.62. The molecule has 1 aliphatic carbocycles. The number of benzene rings is 1. The topological polar surface area (TPSA) is 62.7 Å². The van der Waals surface area contributed by atoms with Crippen molar-refractivity contribution in [2.75, 3.05) is 23.9 Å². The van der Waals surface area contributed by atoms with Gasteiger partial charge in [0, 0.05) is 12.6 Å². The average molecular weight is 371 g/mol. The Morgan fingerprint density at radius 2 is 1.96 bits per heavy atom. The maximum atomic E-state index is 12.5. The van der Waals surface area contributed by atoms with E-state index in [4.69, 9.17) is 4.98 Å². The van der Waals surface area contributed by atoms with Crippen LogP contribution in [0.15, 0.2) is 24.3 Å². The number of nitrogens with zero attached hydrogens (tertiary/aromatic N) is 3. The zero-order chi connectivity index (χ0) is 17.9. The summed E-state index contributed by atoms with van der Waals surface area (Å²) in [6.45, 7) is 1.72. The highest BCUT2D eigenvalue weighted by atomic mass is 32.1. The molecule has 1 aromatic carbocycles. The number of thiazole rings is 1. The number of hydrogen-bond acceptors (Lipinski definition) is 6. The summed E-state index contributed by atoms with van der Waals surface area (Å²) in [5.41, 5.74) is 2.78. The molecule has 2 heterocycles. The molecular weight excluding hydrogens is 349 g/mol. The van der Waals surface area contributed by atoms with E-state index in [1.807, 2.05) is 25.1 Å². The van der Waals surface area contributed by atoms with E-state index in [1.54, 1.807) is 11.3 Å². The highest BCUT2D eigenvalue weighted by Gasteiger charge is 2.21. The Bertz CT molecular complexity index is 871. The fraction of sp³-hybridized carbons (Fsp3) is 0.421. The molecule has 0 radical (unpaired) electrons. The maximum Gasteiger partial charge on any atom is 0.224 e. The smallest absolute Gasteiger partial charge is 0.224 e. The molecule has 0 atom stereocenters. The quantitative estimate of drug-likeness (QED) is 0.652. The Balaban J connectivity index is 1.77. The third-order valence-corrected chi connectivity index (χ3v) is 5.73. The van der Waals surface area contributed by atoms with Gasteiger partial charge in [-0.1, -0.05) is 25.0 Å². The van der Waals surface area contributed by atoms with Crippen LogP contribution in [0.1, 0.15) is 31.4 Å². The first kappa shape index (κ1) is 17.1. The zero-order valence-electron chi connectivity index (χ0n) is 14.8. The van der Waals surface area contributed by atoms with Crippen molar-refractivity contribution in [3.8, 4) is 10.6 Å². The van der Waals surface area contributed by atoms with Crippen molar-refractivity contribution in [3.63, 3.8) is 0 Å². The Morgan fingerprint density at radius 3 is 2.73 bits per heavy atom. The second-order valence-electron chi connectivity index (χ2n) is 6.58. The van der Waals surface area contributed by atoms with Crippen molar-refractivity contribution in [1.82, 2.24) is 15.0 Å². The molecule has 1 saturated carbocycles. The fourth-order valence-corrected chi connectivity index (χ4v) is 4.48. The van der Waals surface area contributed by atoms with E-state index in [0.29, 0.717) is 12.0 Å². The highest BCUT2D eigenvalue weighted by Crippen LogP contribution is 2.37. The van der Waals surface area contributed by atoms with Crippen LogP contribution in [0.3, 0.4) is 0 Å². The minimum absolute atomic E-state index is 0.211. The molecular formula is C19H22FN5S. The SMILES string of the molecule is Cc1nc(NCCF)nc(NC2CCCC2)c1-c1nc2ccccc2s1. The van der Waals surface area contributed by atoms with Gasteiger partial charge in [0.25, 0.3) is 0 Å². The van der Waals surface area contributed by atoms with E-state index in [1.165, 1.54) is 12.8 Å². The normalized spacial score (nSPS) is 14.8. The van der Waals surface area contributed by atoms with Gasteiger partial charge in [-0.2, -0.15) is 4.98 Å². The molecule has 0 saturated heterocycles. The van der Waals surface area contributed by atoms with Crippen LogP contribution in [-0.4, -0.2) is 34.2 Å². The first-order valence-corrected chi connectivity index (χ1v) is 9.87. The van der Waals surface area contributed by atoms with Gasteiger partial charge in [0.15, 0.2) is 0 Å². The van der Waals surface area contributed by atoms with Crippen LogP contribution < -0.4 is 10.6 Å². The number of hydrogen-bond donors (Lipinski definition) is 2. The standard InChI is InChI=1S/C19H22FN5S/c1-12-16(18-24-14-8-4-5-9-15(14)26-18)17(23-13-6-2-3-7-13)25-19(22-12)21-11-10-20/h4-5,8-9,13H,2-3,6-7,10-11H2,1H3,(H2,21,22,23,25). The van der Waals surface area contributed by atoms with E-state index in [0.717, 1.165) is 45.1 Å². The van der Waals surface area contributed by atoms with Crippen molar-refractivity contribution in [2.45, 2.75) is 38.6 Å². The number of halogens is 1. The van der Waals surface area contributed by atoms with Gasteiger partial charge in [-0.25, -0.2) is 14.4 Å². The predicted octanol–water partition coefficient (Wildman–Crippen LogP) is 4.80. The Kier molecular flexibility index (Phi) is 4.97. The summed E-state index contributed by atoms with van der Waals surface area (Å²) in [5.74, 6) is 1.26. The lowest BCUT2D eigenvalue weighted by molar-refractivity contribution is 0.512. The van der Waals surface area contributed by atoms with Crippen molar-refractivity contribution in [3.05, 3.63) is 30.0 Å². The largest absolute Gasteiger partial charge is 0.367 e. The van der Waals surface area contributed by atoms with Gasteiger partial charge in [0.2, 0.25) is 5.95 Å². The van der Waals surface area contributed by atoms with Crippen molar-refractivity contribution < 1.29 is 4.39 Å². The van der Waals surface area contributed by atoms with Crippen LogP contribution >= 0.6 is 11.3 Å². The Hall–Kier alpha value is -2.28. The first-order chi connectivity index (χ1) is 12.7. The van der Waals surface area contributed by atoms with Crippen molar-refractivity contribution in [2.24, 2.45) is 0 Å². The van der Waals surface area contributed by atoms with Gasteiger partial charge in [-0.3, -0.25) is 0 Å². The molecule has 0 spiro atoms. The molecule has 1 aliphatic rings. The molecule has 1 fully saturated rings. The molecule has 0 amide bonds.